The van der Waals surface area contributed by atoms with Crippen molar-refractivity contribution in [2.24, 2.45) is 5.92 Å². The molecule has 2 rings (SSSR count). The van der Waals surface area contributed by atoms with Crippen molar-refractivity contribution in [3.05, 3.63) is 18.1 Å². The molecule has 5 nitrogen and oxygen atoms in total. The summed E-state index contributed by atoms with van der Waals surface area (Å²) in [6.07, 6.45) is 7.89. The Bertz CT molecular complexity index is 385. The smallest absolute Gasteiger partial charge is 0.356 e. The Morgan fingerprint density at radius 3 is 2.65 bits per heavy atom. The molecule has 1 aliphatic carbocycles. The van der Waals surface area contributed by atoms with Crippen LogP contribution in [0.4, 0.5) is 5.82 Å². The first-order chi connectivity index (χ1) is 8.16. The van der Waals surface area contributed by atoms with E-state index in [0.29, 0.717) is 17.8 Å². The standard InChI is InChI=1S/C12H17N3O2/c1-8(9-4-2-3-5-9)15-11-7-13-10(6-14-11)12(16)17/h6-9H,2-5H2,1H3,(H,14,15)(H,16,17). The average Bonchev–Trinajstić information content (AvgIpc) is 2.83. The van der Waals surface area contributed by atoms with Crippen LogP contribution in [0.1, 0.15) is 43.1 Å². The summed E-state index contributed by atoms with van der Waals surface area (Å²) < 4.78 is 0. The molecule has 1 fully saturated rings. The predicted octanol–water partition coefficient (Wildman–Crippen LogP) is 2.17. The number of aromatic nitrogens is 2. The van der Waals surface area contributed by atoms with Gasteiger partial charge in [0.05, 0.1) is 12.4 Å². The van der Waals surface area contributed by atoms with Gasteiger partial charge in [0.2, 0.25) is 0 Å². The molecule has 0 spiro atoms. The first kappa shape index (κ1) is 11.8. The van der Waals surface area contributed by atoms with Crippen LogP contribution in [0.3, 0.4) is 0 Å². The lowest BCUT2D eigenvalue weighted by atomic mass is 10.00. The lowest BCUT2D eigenvalue weighted by Crippen LogP contribution is -2.24. The van der Waals surface area contributed by atoms with Crippen molar-refractivity contribution in [3.8, 4) is 0 Å². The van der Waals surface area contributed by atoms with Crippen LogP contribution in [0.25, 0.3) is 0 Å². The number of anilines is 1. The van der Waals surface area contributed by atoms with Gasteiger partial charge in [0.25, 0.3) is 0 Å². The molecule has 1 aromatic heterocycles. The third-order valence-electron chi connectivity index (χ3n) is 3.35. The monoisotopic (exact) mass is 235 g/mol. The van der Waals surface area contributed by atoms with E-state index in [1.54, 1.807) is 0 Å². The highest BCUT2D eigenvalue weighted by molar-refractivity contribution is 5.84. The van der Waals surface area contributed by atoms with Gasteiger partial charge in [-0.25, -0.2) is 14.8 Å². The molecule has 0 aliphatic heterocycles. The number of carboxylic acid groups (broad SMARTS) is 1. The minimum absolute atomic E-state index is 0.0240. The maximum absolute atomic E-state index is 10.6. The molecule has 5 heteroatoms. The highest BCUT2D eigenvalue weighted by Gasteiger charge is 2.21. The molecule has 1 unspecified atom stereocenters. The summed E-state index contributed by atoms with van der Waals surface area (Å²) in [5, 5.41) is 12.0. The fourth-order valence-electron chi connectivity index (χ4n) is 2.32. The van der Waals surface area contributed by atoms with Gasteiger partial charge in [-0.1, -0.05) is 12.8 Å². The SMILES string of the molecule is CC(Nc1cnc(C(=O)O)cn1)C1CCCC1. The Balaban J connectivity index is 1.96. The van der Waals surface area contributed by atoms with Crippen molar-refractivity contribution in [1.29, 1.82) is 0 Å². The largest absolute Gasteiger partial charge is 0.476 e. The van der Waals surface area contributed by atoms with Gasteiger partial charge in [-0.3, -0.25) is 0 Å². The number of hydrogen-bond acceptors (Lipinski definition) is 4. The molecule has 1 aromatic rings. The van der Waals surface area contributed by atoms with Gasteiger partial charge in [-0.2, -0.15) is 0 Å². The highest BCUT2D eigenvalue weighted by atomic mass is 16.4. The van der Waals surface area contributed by atoms with Crippen LogP contribution < -0.4 is 5.32 Å². The van der Waals surface area contributed by atoms with Gasteiger partial charge in [-0.05, 0) is 25.7 Å². The molecule has 17 heavy (non-hydrogen) atoms. The second-order valence-corrected chi connectivity index (χ2v) is 4.57. The van der Waals surface area contributed by atoms with E-state index in [-0.39, 0.29) is 5.69 Å². The number of nitrogens with one attached hydrogen (secondary N) is 1. The molecule has 1 saturated carbocycles. The maximum atomic E-state index is 10.6. The molecule has 1 heterocycles. The molecule has 0 saturated heterocycles. The topological polar surface area (TPSA) is 75.1 Å². The fourth-order valence-corrected chi connectivity index (χ4v) is 2.32. The number of carbonyl (C=O) groups is 1. The second kappa shape index (κ2) is 5.12. The van der Waals surface area contributed by atoms with E-state index in [0.717, 1.165) is 0 Å². The van der Waals surface area contributed by atoms with E-state index >= 15 is 0 Å². The number of aromatic carboxylic acids is 1. The lowest BCUT2D eigenvalue weighted by molar-refractivity contribution is 0.0690. The Hall–Kier alpha value is -1.65. The average molecular weight is 235 g/mol. The first-order valence-corrected chi connectivity index (χ1v) is 5.98. The van der Waals surface area contributed by atoms with Gasteiger partial charge in [0.1, 0.15) is 5.82 Å². The molecule has 92 valence electrons. The van der Waals surface area contributed by atoms with Crippen LogP contribution in [-0.4, -0.2) is 27.1 Å². The molecule has 0 amide bonds. The zero-order valence-corrected chi connectivity index (χ0v) is 9.89. The van der Waals surface area contributed by atoms with Gasteiger partial charge >= 0.3 is 5.97 Å². The predicted molar refractivity (Wildman–Crippen MR) is 64.0 cm³/mol. The van der Waals surface area contributed by atoms with E-state index < -0.39 is 5.97 Å². The number of nitrogens with zero attached hydrogens (tertiary/aromatic N) is 2. The summed E-state index contributed by atoms with van der Waals surface area (Å²) in [6, 6.07) is 0.363. The number of hydrogen-bond donors (Lipinski definition) is 2. The fraction of sp³-hybridized carbons (Fsp3) is 0.583. The van der Waals surface area contributed by atoms with E-state index in [2.05, 4.69) is 22.2 Å². The van der Waals surface area contributed by atoms with Crippen molar-refractivity contribution >= 4 is 11.8 Å². The quantitative estimate of drug-likeness (QED) is 0.836. The summed E-state index contributed by atoms with van der Waals surface area (Å²) >= 11 is 0. The van der Waals surface area contributed by atoms with Gasteiger partial charge in [0, 0.05) is 6.04 Å². The Morgan fingerprint density at radius 2 is 2.12 bits per heavy atom. The maximum Gasteiger partial charge on any atom is 0.356 e. The van der Waals surface area contributed by atoms with E-state index in [9.17, 15) is 4.79 Å². The Morgan fingerprint density at radius 1 is 1.41 bits per heavy atom. The summed E-state index contributed by atoms with van der Waals surface area (Å²) in [4.78, 5) is 18.5. The van der Waals surface area contributed by atoms with E-state index in [1.807, 2.05) is 0 Å². The second-order valence-electron chi connectivity index (χ2n) is 4.57. The minimum Gasteiger partial charge on any atom is -0.476 e. The van der Waals surface area contributed by atoms with Crippen LogP contribution in [0, 0.1) is 5.92 Å². The van der Waals surface area contributed by atoms with Crippen LogP contribution in [0.2, 0.25) is 0 Å². The third kappa shape index (κ3) is 2.93. The van der Waals surface area contributed by atoms with E-state index in [1.165, 1.54) is 38.1 Å². The summed E-state index contributed by atoms with van der Waals surface area (Å²) in [6.45, 7) is 2.14. The zero-order chi connectivity index (χ0) is 12.3. The van der Waals surface area contributed by atoms with Crippen molar-refractivity contribution in [2.75, 3.05) is 5.32 Å². The molecule has 0 aromatic carbocycles. The number of carboxylic acids is 1. The van der Waals surface area contributed by atoms with Crippen LogP contribution in [0.15, 0.2) is 12.4 Å². The summed E-state index contributed by atoms with van der Waals surface area (Å²) in [7, 11) is 0. The molecule has 2 N–H and O–H groups in total. The van der Waals surface area contributed by atoms with Crippen LogP contribution in [0.5, 0.6) is 0 Å². The molecule has 1 aliphatic rings. The molecule has 0 bridgehead atoms. The van der Waals surface area contributed by atoms with E-state index in [4.69, 9.17) is 5.11 Å². The van der Waals surface area contributed by atoms with Crippen molar-refractivity contribution in [2.45, 2.75) is 38.6 Å². The van der Waals surface area contributed by atoms with Gasteiger partial charge < -0.3 is 10.4 Å². The van der Waals surface area contributed by atoms with Crippen molar-refractivity contribution < 1.29 is 9.90 Å². The normalized spacial score (nSPS) is 17.9. The Labute approximate surface area is 100 Å². The van der Waals surface area contributed by atoms with Crippen LogP contribution >= 0.6 is 0 Å². The molecular weight excluding hydrogens is 218 g/mol. The summed E-state index contributed by atoms with van der Waals surface area (Å²) in [5.41, 5.74) is -0.0240. The van der Waals surface area contributed by atoms with Crippen LogP contribution in [-0.2, 0) is 0 Å². The zero-order valence-electron chi connectivity index (χ0n) is 9.89. The highest BCUT2D eigenvalue weighted by Crippen LogP contribution is 2.28. The first-order valence-electron chi connectivity index (χ1n) is 5.98. The Kier molecular flexibility index (Phi) is 3.56. The minimum atomic E-state index is -1.05. The lowest BCUT2D eigenvalue weighted by Gasteiger charge is -2.20. The third-order valence-corrected chi connectivity index (χ3v) is 3.35. The van der Waals surface area contributed by atoms with Gasteiger partial charge in [0.15, 0.2) is 5.69 Å². The molecule has 1 atom stereocenters. The van der Waals surface area contributed by atoms with Crippen molar-refractivity contribution in [3.63, 3.8) is 0 Å². The number of rotatable bonds is 4. The van der Waals surface area contributed by atoms with Gasteiger partial charge in [-0.15, -0.1) is 0 Å². The molecular formula is C12H17N3O2. The molecule has 0 radical (unpaired) electrons. The van der Waals surface area contributed by atoms with Crippen molar-refractivity contribution in [1.82, 2.24) is 9.97 Å². The summed E-state index contributed by atoms with van der Waals surface area (Å²) in [5.74, 6) is 0.290.